The molecule has 10 heteroatoms. The first-order valence-electron chi connectivity index (χ1n) is 13.1. The highest BCUT2D eigenvalue weighted by Gasteiger charge is 2.45. The van der Waals surface area contributed by atoms with E-state index in [9.17, 15) is 4.79 Å². The van der Waals surface area contributed by atoms with E-state index in [2.05, 4.69) is 44.8 Å². The van der Waals surface area contributed by atoms with Crippen LogP contribution in [0, 0.1) is 11.2 Å². The Morgan fingerprint density at radius 2 is 1.92 bits per heavy atom. The predicted molar refractivity (Wildman–Crippen MR) is 145 cm³/mol. The summed E-state index contributed by atoms with van der Waals surface area (Å²) in [7, 11) is 4.12. The van der Waals surface area contributed by atoms with E-state index in [1.807, 2.05) is 31.7 Å². The summed E-state index contributed by atoms with van der Waals surface area (Å²) in [5, 5.41) is 0.643. The Kier molecular flexibility index (Phi) is 7.02. The van der Waals surface area contributed by atoms with Gasteiger partial charge in [-0.25, -0.2) is 9.18 Å². The van der Waals surface area contributed by atoms with Crippen LogP contribution in [0.15, 0.2) is 16.6 Å². The number of carbonyl (C=O) groups is 1. The van der Waals surface area contributed by atoms with Crippen molar-refractivity contribution < 1.29 is 18.7 Å². The van der Waals surface area contributed by atoms with Gasteiger partial charge in [-0.1, -0.05) is 0 Å². The molecule has 0 spiro atoms. The van der Waals surface area contributed by atoms with Crippen LogP contribution in [0.5, 0.6) is 6.01 Å². The van der Waals surface area contributed by atoms with E-state index in [0.717, 1.165) is 38.6 Å². The first-order chi connectivity index (χ1) is 17.4. The molecule has 1 aromatic heterocycles. The van der Waals surface area contributed by atoms with Gasteiger partial charge in [0.05, 0.1) is 17.1 Å². The van der Waals surface area contributed by atoms with E-state index in [1.165, 1.54) is 0 Å². The second-order valence-electron chi connectivity index (χ2n) is 12.1. The van der Waals surface area contributed by atoms with Gasteiger partial charge in [-0.3, -0.25) is 0 Å². The molecule has 1 aromatic carbocycles. The second-order valence-corrected chi connectivity index (χ2v) is 13.0. The van der Waals surface area contributed by atoms with Crippen LogP contribution in [0.3, 0.4) is 0 Å². The molecular weight excluding hydrogens is 541 g/mol. The largest absolute Gasteiger partial charge is 0.463 e. The minimum atomic E-state index is -0.548. The van der Waals surface area contributed by atoms with Crippen molar-refractivity contribution in [3.8, 4) is 6.01 Å². The topological polar surface area (TPSA) is 71.0 Å². The van der Waals surface area contributed by atoms with Crippen LogP contribution in [0.2, 0.25) is 0 Å². The van der Waals surface area contributed by atoms with E-state index >= 15 is 4.39 Å². The third-order valence-electron chi connectivity index (χ3n) is 7.52. The number of fused-ring (bicyclic) bond motifs is 3. The van der Waals surface area contributed by atoms with Gasteiger partial charge in [0.1, 0.15) is 16.9 Å². The number of carbonyl (C=O) groups excluding carboxylic acids is 1. The maximum Gasteiger partial charge on any atom is 0.410 e. The maximum atomic E-state index is 15.3. The summed E-state index contributed by atoms with van der Waals surface area (Å²) in [5.74, 6) is 0.229. The molecule has 5 rings (SSSR count). The monoisotopic (exact) mass is 577 g/mol. The quantitative estimate of drug-likeness (QED) is 0.465. The lowest BCUT2D eigenvalue weighted by Gasteiger charge is -2.31. The van der Waals surface area contributed by atoms with Gasteiger partial charge in [0.25, 0.3) is 0 Å². The molecule has 3 fully saturated rings. The van der Waals surface area contributed by atoms with E-state index < -0.39 is 11.4 Å². The molecule has 0 radical (unpaired) electrons. The number of hydrogen-bond acceptors (Lipinski definition) is 7. The molecule has 0 N–H and O–H groups in total. The molecule has 202 valence electrons. The number of hydrogen-bond donors (Lipinski definition) is 0. The highest BCUT2D eigenvalue weighted by Crippen LogP contribution is 2.46. The van der Waals surface area contributed by atoms with Crippen LogP contribution in [0.25, 0.3) is 10.9 Å². The van der Waals surface area contributed by atoms with Crippen LogP contribution in [-0.4, -0.2) is 83.9 Å². The fourth-order valence-electron chi connectivity index (χ4n) is 5.70. The van der Waals surface area contributed by atoms with E-state index in [-0.39, 0.29) is 35.1 Å². The van der Waals surface area contributed by atoms with Crippen LogP contribution in [-0.2, 0) is 4.74 Å². The highest BCUT2D eigenvalue weighted by atomic mass is 79.9. The summed E-state index contributed by atoms with van der Waals surface area (Å²) in [6, 6.07) is 3.87. The summed E-state index contributed by atoms with van der Waals surface area (Å²) >= 11 is 3.30. The van der Waals surface area contributed by atoms with Crippen LogP contribution in [0.4, 0.5) is 15.0 Å². The molecule has 37 heavy (non-hydrogen) atoms. The summed E-state index contributed by atoms with van der Waals surface area (Å²) in [6.07, 6.45) is 4.60. The molecule has 0 unspecified atom stereocenters. The Morgan fingerprint density at radius 3 is 2.59 bits per heavy atom. The van der Waals surface area contributed by atoms with Crippen LogP contribution < -0.4 is 9.64 Å². The molecule has 1 amide bonds. The van der Waals surface area contributed by atoms with Crippen molar-refractivity contribution in [1.29, 1.82) is 0 Å². The van der Waals surface area contributed by atoms with Crippen molar-refractivity contribution in [2.75, 3.05) is 45.2 Å². The smallest absolute Gasteiger partial charge is 0.410 e. The minimum absolute atomic E-state index is 0.00635. The van der Waals surface area contributed by atoms with Crippen molar-refractivity contribution in [1.82, 2.24) is 19.8 Å². The zero-order valence-electron chi connectivity index (χ0n) is 22.4. The van der Waals surface area contributed by atoms with Crippen LogP contribution in [0.1, 0.15) is 52.9 Å². The molecule has 2 aromatic rings. The van der Waals surface area contributed by atoms with Crippen molar-refractivity contribution in [3.63, 3.8) is 0 Å². The summed E-state index contributed by atoms with van der Waals surface area (Å²) in [4.78, 5) is 28.6. The lowest BCUT2D eigenvalue weighted by Crippen LogP contribution is -2.45. The number of anilines is 1. The average Bonchev–Trinajstić information content (AvgIpc) is 3.47. The molecule has 8 nitrogen and oxygen atoms in total. The fraction of sp³-hybridized carbons (Fsp3) is 0.667. The SMILES string of the molecule is CN(C)CC1(COc2nc(N3CC[C@H]4CC[C@@H](C3)N4C(=O)OC(C)(C)C)c3ccc(Br)c(F)c3n2)CC1. The van der Waals surface area contributed by atoms with Gasteiger partial charge < -0.3 is 24.2 Å². The van der Waals surface area contributed by atoms with Gasteiger partial charge in [0.15, 0.2) is 5.82 Å². The number of ether oxygens (including phenoxy) is 2. The zero-order valence-corrected chi connectivity index (χ0v) is 24.0. The normalized spacial score (nSPS) is 22.9. The number of benzene rings is 1. The lowest BCUT2D eigenvalue weighted by atomic mass is 10.1. The van der Waals surface area contributed by atoms with Gasteiger partial charge >= 0.3 is 12.1 Å². The standard InChI is InChI=1S/C27H37BrFN5O3/c1-26(2,3)37-25(35)34-17-6-7-18(34)14-33(13-10-17)23-19-8-9-20(28)21(29)22(19)30-24(31-23)36-16-27(11-12-27)15-32(4)5/h8-9,17-18H,6-7,10-16H2,1-5H3/t17-,18+/m1/s1. The summed E-state index contributed by atoms with van der Waals surface area (Å²) in [5.41, 5.74) is -0.202. The molecular formula is C27H37BrFN5O3. The Labute approximate surface area is 226 Å². The number of rotatable bonds is 6. The predicted octanol–water partition coefficient (Wildman–Crippen LogP) is 5.23. The van der Waals surface area contributed by atoms with Gasteiger partial charge in [0.2, 0.25) is 0 Å². The van der Waals surface area contributed by atoms with E-state index in [0.29, 0.717) is 35.4 Å². The lowest BCUT2D eigenvalue weighted by molar-refractivity contribution is 0.0163. The van der Waals surface area contributed by atoms with E-state index in [4.69, 9.17) is 14.5 Å². The fourth-order valence-corrected chi connectivity index (χ4v) is 6.02. The molecule has 2 aliphatic heterocycles. The molecule has 3 aliphatic rings. The molecule has 2 atom stereocenters. The number of halogens is 2. The first-order valence-corrected chi connectivity index (χ1v) is 13.9. The van der Waals surface area contributed by atoms with Crippen molar-refractivity contribution in [3.05, 3.63) is 22.4 Å². The summed E-state index contributed by atoms with van der Waals surface area (Å²) in [6.45, 7) is 8.41. The Balaban J connectivity index is 1.44. The Bertz CT molecular complexity index is 1180. The highest BCUT2D eigenvalue weighted by molar-refractivity contribution is 9.10. The average molecular weight is 579 g/mol. The van der Waals surface area contributed by atoms with Gasteiger partial charge in [0, 0.05) is 36.5 Å². The molecule has 1 aliphatic carbocycles. The number of amides is 1. The minimum Gasteiger partial charge on any atom is -0.463 e. The maximum absolute atomic E-state index is 15.3. The van der Waals surface area contributed by atoms with Gasteiger partial charge in [-0.05, 0) is 95.0 Å². The molecule has 2 saturated heterocycles. The van der Waals surface area contributed by atoms with Gasteiger partial charge in [-0.2, -0.15) is 9.97 Å². The zero-order chi connectivity index (χ0) is 26.5. The van der Waals surface area contributed by atoms with Crippen molar-refractivity contribution in [2.24, 2.45) is 5.41 Å². The Hall–Kier alpha value is -2.20. The van der Waals surface area contributed by atoms with Crippen LogP contribution >= 0.6 is 15.9 Å². The van der Waals surface area contributed by atoms with Crippen molar-refractivity contribution >= 4 is 38.7 Å². The summed E-state index contributed by atoms with van der Waals surface area (Å²) < 4.78 is 27.5. The van der Waals surface area contributed by atoms with E-state index in [1.54, 1.807) is 6.07 Å². The Morgan fingerprint density at radius 1 is 1.19 bits per heavy atom. The molecule has 2 bridgehead atoms. The number of aromatic nitrogens is 2. The second kappa shape index (κ2) is 9.84. The first kappa shape index (κ1) is 26.4. The third-order valence-corrected chi connectivity index (χ3v) is 8.13. The third kappa shape index (κ3) is 5.65. The van der Waals surface area contributed by atoms with Crippen molar-refractivity contribution in [2.45, 2.75) is 70.6 Å². The molecule has 3 heterocycles. The van der Waals surface area contributed by atoms with Gasteiger partial charge in [-0.15, -0.1) is 0 Å². The number of nitrogens with zero attached hydrogens (tertiary/aromatic N) is 5. The molecule has 1 saturated carbocycles.